The lowest BCUT2D eigenvalue weighted by Crippen LogP contribution is -2.33. The Morgan fingerprint density at radius 3 is 2.61 bits per heavy atom. The molecule has 4 aromatic rings. The zero-order chi connectivity index (χ0) is 21.6. The van der Waals surface area contributed by atoms with Crippen LogP contribution in [0.2, 0.25) is 0 Å². The summed E-state index contributed by atoms with van der Waals surface area (Å²) < 4.78 is 0. The summed E-state index contributed by atoms with van der Waals surface area (Å²) in [6, 6.07) is 19.8. The van der Waals surface area contributed by atoms with Crippen molar-refractivity contribution in [3.63, 3.8) is 0 Å². The van der Waals surface area contributed by atoms with E-state index in [0.717, 1.165) is 11.1 Å². The largest absolute Gasteiger partial charge is 0.361 e. The maximum absolute atomic E-state index is 12.5. The highest BCUT2D eigenvalue weighted by molar-refractivity contribution is 7.10. The van der Waals surface area contributed by atoms with Crippen LogP contribution >= 0.6 is 11.3 Å². The molecule has 4 rings (SSSR count). The molecule has 0 aliphatic carbocycles. The second-order valence-electron chi connectivity index (χ2n) is 7.48. The molecule has 0 bridgehead atoms. The van der Waals surface area contributed by atoms with Gasteiger partial charge in [0.25, 0.3) is 5.91 Å². The van der Waals surface area contributed by atoms with Crippen LogP contribution in [-0.4, -0.2) is 29.9 Å². The number of thiophene rings is 1. The molecule has 0 aliphatic heterocycles. The molecule has 0 spiro atoms. The lowest BCUT2D eigenvalue weighted by Gasteiger charge is -2.16. The van der Waals surface area contributed by atoms with Gasteiger partial charge in [-0.1, -0.05) is 42.5 Å². The zero-order valence-corrected chi connectivity index (χ0v) is 18.2. The third kappa shape index (κ3) is 4.86. The smallest absolute Gasteiger partial charge is 0.251 e. The third-order valence-corrected chi connectivity index (χ3v) is 6.40. The number of fused-ring (bicyclic) bond motifs is 1. The first-order chi connectivity index (χ1) is 15.1. The number of carbonyl (C=O) groups is 2. The van der Waals surface area contributed by atoms with E-state index in [1.54, 1.807) is 17.4 Å². The number of benzene rings is 2. The number of amides is 2. The number of nitrogens with one attached hydrogen (secondary N) is 3. The maximum atomic E-state index is 12.5. The van der Waals surface area contributed by atoms with E-state index < -0.39 is 0 Å². The van der Waals surface area contributed by atoms with Crippen molar-refractivity contribution in [1.29, 1.82) is 0 Å². The number of hydrogen-bond acceptors (Lipinski definition) is 3. The van der Waals surface area contributed by atoms with Gasteiger partial charge in [0, 0.05) is 53.0 Å². The van der Waals surface area contributed by atoms with E-state index in [-0.39, 0.29) is 24.2 Å². The average Bonchev–Trinajstić information content (AvgIpc) is 3.45. The fourth-order valence-electron chi connectivity index (χ4n) is 3.75. The van der Waals surface area contributed by atoms with E-state index in [4.69, 9.17) is 0 Å². The Bertz CT molecular complexity index is 1180. The summed E-state index contributed by atoms with van der Waals surface area (Å²) in [5.74, 6) is -0.158. The molecule has 0 fully saturated rings. The van der Waals surface area contributed by atoms with Crippen molar-refractivity contribution in [2.24, 2.45) is 0 Å². The predicted molar refractivity (Wildman–Crippen MR) is 126 cm³/mol. The van der Waals surface area contributed by atoms with Gasteiger partial charge in [-0.25, -0.2) is 0 Å². The molecule has 2 aromatic carbocycles. The quantitative estimate of drug-likeness (QED) is 0.381. The van der Waals surface area contributed by atoms with E-state index in [2.05, 4.69) is 39.2 Å². The molecule has 2 amide bonds. The molecule has 31 heavy (non-hydrogen) atoms. The molecule has 5 nitrogen and oxygen atoms in total. The van der Waals surface area contributed by atoms with Gasteiger partial charge in [-0.3, -0.25) is 9.59 Å². The Hall–Kier alpha value is -3.38. The van der Waals surface area contributed by atoms with Crippen LogP contribution in [0.1, 0.15) is 38.7 Å². The molecule has 2 heterocycles. The van der Waals surface area contributed by atoms with Gasteiger partial charge in [0.1, 0.15) is 0 Å². The summed E-state index contributed by atoms with van der Waals surface area (Å²) in [6.07, 6.45) is 2.27. The monoisotopic (exact) mass is 431 g/mol. The minimum atomic E-state index is -0.152. The fourth-order valence-corrected chi connectivity index (χ4v) is 4.60. The number of rotatable bonds is 8. The highest BCUT2D eigenvalue weighted by Gasteiger charge is 2.20. The molecule has 158 valence electrons. The van der Waals surface area contributed by atoms with Gasteiger partial charge in [0.05, 0.1) is 0 Å². The summed E-state index contributed by atoms with van der Waals surface area (Å²) >= 11 is 1.69. The third-order valence-electron chi connectivity index (χ3n) is 5.41. The predicted octanol–water partition coefficient (Wildman–Crippen LogP) is 4.61. The van der Waals surface area contributed by atoms with Gasteiger partial charge < -0.3 is 15.6 Å². The van der Waals surface area contributed by atoms with Gasteiger partial charge in [-0.2, -0.15) is 0 Å². The molecule has 1 atom stereocenters. The summed E-state index contributed by atoms with van der Waals surface area (Å²) in [5, 5.41) is 9.11. The van der Waals surface area contributed by atoms with Crippen LogP contribution in [0.25, 0.3) is 10.9 Å². The molecule has 0 saturated heterocycles. The normalized spacial score (nSPS) is 11.9. The first-order valence-corrected chi connectivity index (χ1v) is 11.2. The van der Waals surface area contributed by atoms with E-state index in [1.165, 1.54) is 15.8 Å². The Labute approximate surface area is 185 Å². The minimum absolute atomic E-state index is 0.0710. The van der Waals surface area contributed by atoms with E-state index >= 15 is 0 Å². The van der Waals surface area contributed by atoms with Crippen molar-refractivity contribution in [1.82, 2.24) is 15.6 Å². The molecule has 1 unspecified atom stereocenters. The Kier molecular flexibility index (Phi) is 6.48. The second-order valence-corrected chi connectivity index (χ2v) is 8.46. The lowest BCUT2D eigenvalue weighted by molar-refractivity contribution is -0.120. The molecule has 3 N–H and O–H groups in total. The molecule has 0 radical (unpaired) electrons. The molecule has 0 saturated carbocycles. The van der Waals surface area contributed by atoms with E-state index in [0.29, 0.717) is 18.7 Å². The van der Waals surface area contributed by atoms with Gasteiger partial charge >= 0.3 is 0 Å². The summed E-state index contributed by atoms with van der Waals surface area (Å²) in [6.45, 7) is 2.71. The van der Waals surface area contributed by atoms with Gasteiger partial charge in [0.15, 0.2) is 0 Å². The van der Waals surface area contributed by atoms with Gasteiger partial charge in [-0.15, -0.1) is 11.3 Å². The topological polar surface area (TPSA) is 74.0 Å². The highest BCUT2D eigenvalue weighted by atomic mass is 32.1. The molecule has 2 aromatic heterocycles. The number of aromatic nitrogens is 1. The van der Waals surface area contributed by atoms with Crippen LogP contribution in [-0.2, 0) is 4.79 Å². The van der Waals surface area contributed by atoms with Crippen LogP contribution in [0.4, 0.5) is 0 Å². The summed E-state index contributed by atoms with van der Waals surface area (Å²) in [7, 11) is 0. The Morgan fingerprint density at radius 2 is 1.81 bits per heavy atom. The van der Waals surface area contributed by atoms with Crippen LogP contribution in [0.3, 0.4) is 0 Å². The highest BCUT2D eigenvalue weighted by Crippen LogP contribution is 2.32. The molecular formula is C25H25N3O2S. The van der Waals surface area contributed by atoms with E-state index in [1.807, 2.05) is 49.5 Å². The van der Waals surface area contributed by atoms with E-state index in [9.17, 15) is 9.59 Å². The van der Waals surface area contributed by atoms with Crippen molar-refractivity contribution in [3.05, 3.63) is 93.8 Å². The average molecular weight is 432 g/mol. The number of para-hydroxylation sites is 1. The van der Waals surface area contributed by atoms with Gasteiger partial charge in [-0.05, 0) is 41.6 Å². The van der Waals surface area contributed by atoms with Crippen molar-refractivity contribution in [2.75, 3.05) is 13.1 Å². The molecule has 6 heteroatoms. The minimum Gasteiger partial charge on any atom is -0.361 e. The molecule has 0 aliphatic rings. The van der Waals surface area contributed by atoms with Crippen molar-refractivity contribution >= 4 is 34.1 Å². The maximum Gasteiger partial charge on any atom is 0.251 e. The fraction of sp³-hybridized carbons (Fsp3) is 0.200. The Morgan fingerprint density at radius 1 is 1.00 bits per heavy atom. The second kappa shape index (κ2) is 9.62. The number of carbonyl (C=O) groups excluding carboxylic acids is 2. The number of aryl methyl sites for hydroxylation is 1. The van der Waals surface area contributed by atoms with Crippen LogP contribution in [0.5, 0.6) is 0 Å². The van der Waals surface area contributed by atoms with Crippen molar-refractivity contribution in [2.45, 2.75) is 19.3 Å². The standard InChI is InChI=1S/C25H25N3O2S/c1-17-7-2-3-8-18(17)25(30)26-13-12-24(29)28-16-21(23-11-6-14-31-23)20-15-27-22-10-5-4-9-19(20)22/h2-11,14-15,21,27H,12-13,16H2,1H3,(H,26,30)(H,28,29). The zero-order valence-electron chi connectivity index (χ0n) is 17.4. The van der Waals surface area contributed by atoms with Crippen LogP contribution in [0.15, 0.2) is 72.2 Å². The van der Waals surface area contributed by atoms with Crippen molar-refractivity contribution in [3.8, 4) is 0 Å². The first-order valence-electron chi connectivity index (χ1n) is 10.3. The van der Waals surface area contributed by atoms with Crippen LogP contribution < -0.4 is 10.6 Å². The Balaban J connectivity index is 1.36. The van der Waals surface area contributed by atoms with Gasteiger partial charge in [0.2, 0.25) is 5.91 Å². The van der Waals surface area contributed by atoms with Crippen molar-refractivity contribution < 1.29 is 9.59 Å². The summed E-state index contributed by atoms with van der Waals surface area (Å²) in [5.41, 5.74) is 3.82. The number of aromatic amines is 1. The summed E-state index contributed by atoms with van der Waals surface area (Å²) in [4.78, 5) is 29.3. The first kappa shape index (κ1) is 20.9. The lowest BCUT2D eigenvalue weighted by atomic mass is 9.96. The number of H-pyrrole nitrogens is 1. The SMILES string of the molecule is Cc1ccccc1C(=O)NCCC(=O)NCC(c1cccs1)c1c[nH]c2ccccc12. The van der Waals surface area contributed by atoms with Crippen LogP contribution in [0, 0.1) is 6.92 Å². The molecular weight excluding hydrogens is 406 g/mol. The number of hydrogen-bond donors (Lipinski definition) is 3.